The van der Waals surface area contributed by atoms with Crippen molar-refractivity contribution in [3.05, 3.63) is 11.1 Å². The second kappa shape index (κ2) is 11.9. The van der Waals surface area contributed by atoms with E-state index in [1.807, 2.05) is 20.6 Å². The van der Waals surface area contributed by atoms with Gasteiger partial charge in [0.25, 0.3) is 0 Å². The van der Waals surface area contributed by atoms with E-state index in [9.17, 15) is 0 Å². The molecule has 3 heteroatoms. The fourth-order valence-corrected chi connectivity index (χ4v) is 1.65. The normalized spacial score (nSPS) is 20.8. The van der Waals surface area contributed by atoms with Crippen molar-refractivity contribution in [2.45, 2.75) is 40.0 Å². The van der Waals surface area contributed by atoms with Crippen molar-refractivity contribution in [1.82, 2.24) is 0 Å². The molecule has 0 amide bonds. The lowest BCUT2D eigenvalue weighted by Crippen LogP contribution is -1.91. The minimum absolute atomic E-state index is 0.666. The van der Waals surface area contributed by atoms with Gasteiger partial charge in [-0.15, -0.1) is 0 Å². The molecule has 0 aromatic rings. The van der Waals surface area contributed by atoms with Crippen LogP contribution in [0, 0.1) is 17.2 Å². The second-order valence-corrected chi connectivity index (χ2v) is 3.63. The Hall–Kier alpha value is -1.14. The molecule has 0 aliphatic heterocycles. The van der Waals surface area contributed by atoms with E-state index in [4.69, 9.17) is 10.1 Å². The fourth-order valence-electron chi connectivity index (χ4n) is 1.65. The van der Waals surface area contributed by atoms with Crippen LogP contribution in [0.3, 0.4) is 0 Å². The summed E-state index contributed by atoms with van der Waals surface area (Å²) in [5, 5.41) is 8.61. The monoisotopic (exact) mass is 225 g/mol. The van der Waals surface area contributed by atoms with Crippen molar-refractivity contribution >= 4 is 6.79 Å². The van der Waals surface area contributed by atoms with Crippen LogP contribution < -0.4 is 0 Å². The first-order valence-electron chi connectivity index (χ1n) is 5.54. The number of carbonyl (C=O) groups excluding carboxylic acids is 1. The van der Waals surface area contributed by atoms with Crippen molar-refractivity contribution < 1.29 is 9.53 Å². The summed E-state index contributed by atoms with van der Waals surface area (Å²) in [6.07, 6.45) is 3.70. The van der Waals surface area contributed by atoms with Gasteiger partial charge in [-0.3, -0.25) is 0 Å². The summed E-state index contributed by atoms with van der Waals surface area (Å²) in [7, 11) is 1.68. The topological polar surface area (TPSA) is 50.1 Å². The molecule has 1 aliphatic rings. The molecule has 1 aliphatic carbocycles. The fraction of sp³-hybridized carbons (Fsp3) is 0.692. The van der Waals surface area contributed by atoms with Crippen LogP contribution in [-0.4, -0.2) is 20.5 Å². The Morgan fingerprint density at radius 2 is 2.12 bits per heavy atom. The lowest BCUT2D eigenvalue weighted by molar-refractivity contribution is -0.0979. The summed E-state index contributed by atoms with van der Waals surface area (Å²) in [5.41, 5.74) is 2.34. The summed E-state index contributed by atoms with van der Waals surface area (Å²) < 4.78 is 4.54. The Bertz CT molecular complexity index is 239. The highest BCUT2D eigenvalue weighted by Crippen LogP contribution is 2.32. The Morgan fingerprint density at radius 1 is 1.62 bits per heavy atom. The second-order valence-electron chi connectivity index (χ2n) is 3.63. The zero-order chi connectivity index (χ0) is 13.0. The summed E-state index contributed by atoms with van der Waals surface area (Å²) >= 11 is 0. The first-order chi connectivity index (χ1) is 7.67. The van der Waals surface area contributed by atoms with Crippen molar-refractivity contribution in [2.24, 2.45) is 5.92 Å². The number of rotatable bonds is 1. The van der Waals surface area contributed by atoms with E-state index in [1.54, 1.807) is 7.11 Å². The van der Waals surface area contributed by atoms with Crippen molar-refractivity contribution in [3.63, 3.8) is 0 Å². The van der Waals surface area contributed by atoms with Gasteiger partial charge in [0.1, 0.15) is 6.79 Å². The number of ether oxygens (including phenoxy) is 1. The Balaban J connectivity index is 0. The summed E-state index contributed by atoms with van der Waals surface area (Å²) in [5.74, 6) is 0.666. The number of hydrogen-bond acceptors (Lipinski definition) is 3. The maximum absolute atomic E-state index is 8.61. The van der Waals surface area contributed by atoms with Gasteiger partial charge in [0.15, 0.2) is 0 Å². The van der Waals surface area contributed by atoms with Crippen LogP contribution in [0.2, 0.25) is 0 Å². The van der Waals surface area contributed by atoms with Crippen LogP contribution in [-0.2, 0) is 9.53 Å². The minimum atomic E-state index is 0.666. The van der Waals surface area contributed by atoms with E-state index in [1.165, 1.54) is 18.4 Å². The predicted octanol–water partition coefficient (Wildman–Crippen LogP) is 3.11. The number of methoxy groups -OCH3 is 1. The number of allylic oxidation sites excluding steroid dienone is 2. The van der Waals surface area contributed by atoms with Gasteiger partial charge in [-0.2, -0.15) is 5.26 Å². The Morgan fingerprint density at radius 3 is 2.38 bits per heavy atom. The van der Waals surface area contributed by atoms with E-state index in [-0.39, 0.29) is 0 Å². The standard InChI is InChI=1S/C9H13N.C3H8O.CH2O/c1-7-4-3-5-9(7)8(2)6-10;1-3-4-2;1-2/h7H,3-5H2,1-2H3;3H2,1-2H3;1H2/b9-8+;;. The van der Waals surface area contributed by atoms with Crippen LogP contribution in [0.4, 0.5) is 0 Å². The van der Waals surface area contributed by atoms with Gasteiger partial charge in [-0.1, -0.05) is 12.5 Å². The van der Waals surface area contributed by atoms with Crippen LogP contribution in [0.5, 0.6) is 0 Å². The van der Waals surface area contributed by atoms with Crippen molar-refractivity contribution in [3.8, 4) is 6.07 Å². The van der Waals surface area contributed by atoms with Gasteiger partial charge < -0.3 is 9.53 Å². The molecule has 0 heterocycles. The molecular weight excluding hydrogens is 202 g/mol. The van der Waals surface area contributed by atoms with Gasteiger partial charge in [0, 0.05) is 19.3 Å². The third-order valence-electron chi connectivity index (χ3n) is 2.62. The Kier molecular flexibility index (Phi) is 12.9. The molecule has 0 spiro atoms. The van der Waals surface area contributed by atoms with Gasteiger partial charge in [-0.05, 0) is 39.0 Å². The number of nitriles is 1. The lowest BCUT2D eigenvalue weighted by atomic mass is 10.0. The quantitative estimate of drug-likeness (QED) is 0.644. The molecule has 0 aromatic carbocycles. The van der Waals surface area contributed by atoms with E-state index < -0.39 is 0 Å². The molecule has 1 rings (SSSR count). The van der Waals surface area contributed by atoms with Gasteiger partial charge in [0.05, 0.1) is 6.07 Å². The van der Waals surface area contributed by atoms with Crippen molar-refractivity contribution in [2.75, 3.05) is 13.7 Å². The highest BCUT2D eigenvalue weighted by Gasteiger charge is 2.17. The lowest BCUT2D eigenvalue weighted by Gasteiger charge is -2.03. The molecule has 1 fully saturated rings. The summed E-state index contributed by atoms with van der Waals surface area (Å²) in [4.78, 5) is 8.00. The minimum Gasteiger partial charge on any atom is -0.385 e. The third kappa shape index (κ3) is 7.19. The molecule has 92 valence electrons. The van der Waals surface area contributed by atoms with E-state index in [0.29, 0.717) is 5.92 Å². The zero-order valence-corrected chi connectivity index (χ0v) is 10.9. The first-order valence-corrected chi connectivity index (χ1v) is 5.54. The molecule has 0 radical (unpaired) electrons. The average molecular weight is 225 g/mol. The number of nitrogens with zero attached hydrogens (tertiary/aromatic N) is 1. The maximum Gasteiger partial charge on any atom is 0.106 e. The Labute approximate surface area is 99.1 Å². The van der Waals surface area contributed by atoms with Gasteiger partial charge >= 0.3 is 0 Å². The number of hydrogen-bond donors (Lipinski definition) is 0. The first kappa shape index (κ1) is 17.3. The SMILES string of the molecule is C/C(C#N)=C1/CCCC1C.C=O.CCOC. The molecule has 3 nitrogen and oxygen atoms in total. The van der Waals surface area contributed by atoms with Gasteiger partial charge in [0.2, 0.25) is 0 Å². The predicted molar refractivity (Wildman–Crippen MR) is 66.0 cm³/mol. The molecular formula is C13H23NO2. The summed E-state index contributed by atoms with van der Waals surface area (Å²) in [6, 6.07) is 2.22. The average Bonchev–Trinajstić information content (AvgIpc) is 2.77. The van der Waals surface area contributed by atoms with Crippen LogP contribution in [0.1, 0.15) is 40.0 Å². The van der Waals surface area contributed by atoms with Crippen LogP contribution in [0.25, 0.3) is 0 Å². The number of carbonyl (C=O) groups is 1. The third-order valence-corrected chi connectivity index (χ3v) is 2.62. The molecule has 1 saturated carbocycles. The molecule has 0 N–H and O–H groups in total. The van der Waals surface area contributed by atoms with E-state index in [2.05, 4.69) is 17.7 Å². The highest BCUT2D eigenvalue weighted by molar-refractivity contribution is 5.28. The van der Waals surface area contributed by atoms with Crippen LogP contribution >= 0.6 is 0 Å². The summed E-state index contributed by atoms with van der Waals surface area (Å²) in [6.45, 7) is 8.92. The smallest absolute Gasteiger partial charge is 0.106 e. The highest BCUT2D eigenvalue weighted by atomic mass is 16.5. The maximum atomic E-state index is 8.61. The largest absolute Gasteiger partial charge is 0.385 e. The van der Waals surface area contributed by atoms with E-state index in [0.717, 1.165) is 18.6 Å². The zero-order valence-electron chi connectivity index (χ0n) is 10.9. The molecule has 0 aromatic heterocycles. The van der Waals surface area contributed by atoms with Gasteiger partial charge in [-0.25, -0.2) is 0 Å². The molecule has 16 heavy (non-hydrogen) atoms. The molecule has 0 saturated heterocycles. The molecule has 1 unspecified atom stereocenters. The molecule has 1 atom stereocenters. The van der Waals surface area contributed by atoms with Crippen molar-refractivity contribution in [1.29, 1.82) is 5.26 Å². The van der Waals surface area contributed by atoms with Crippen LogP contribution in [0.15, 0.2) is 11.1 Å². The van der Waals surface area contributed by atoms with E-state index >= 15 is 0 Å². The molecule has 0 bridgehead atoms.